The average molecular weight is 329 g/mol. The molecule has 1 unspecified atom stereocenters. The third kappa shape index (κ3) is 2.67. The van der Waals surface area contributed by atoms with Crippen molar-refractivity contribution in [1.29, 1.82) is 0 Å². The summed E-state index contributed by atoms with van der Waals surface area (Å²) in [6, 6.07) is 0.936. The Bertz CT molecular complexity index is 696. The van der Waals surface area contributed by atoms with E-state index in [1.165, 1.54) is 74.2 Å². The normalized spacial score (nSPS) is 24.8. The van der Waals surface area contributed by atoms with Crippen LogP contribution in [-0.4, -0.2) is 19.1 Å². The van der Waals surface area contributed by atoms with Crippen molar-refractivity contribution >= 4 is 16.7 Å². The molecule has 3 aliphatic rings. The Hall–Kier alpha value is -1.43. The van der Waals surface area contributed by atoms with Crippen LogP contribution in [0.1, 0.15) is 86.4 Å². The van der Waals surface area contributed by atoms with E-state index in [4.69, 9.17) is 5.10 Å². The zero-order valence-electron chi connectivity index (χ0n) is 13.4. The molecule has 0 aromatic carbocycles. The second kappa shape index (κ2) is 5.58. The van der Waals surface area contributed by atoms with E-state index in [0.29, 0.717) is 18.0 Å². The number of aryl methyl sites for hydroxylation is 1. The van der Waals surface area contributed by atoms with Crippen LogP contribution in [0.25, 0.3) is 0 Å². The lowest BCUT2D eigenvalue weighted by Gasteiger charge is -2.21. The molecule has 1 atom stereocenters. The first-order valence-electron chi connectivity index (χ1n) is 9.05. The molecule has 122 valence electrons. The van der Waals surface area contributed by atoms with E-state index in [0.717, 1.165) is 17.4 Å². The van der Waals surface area contributed by atoms with E-state index < -0.39 is 0 Å². The van der Waals surface area contributed by atoms with Crippen molar-refractivity contribution in [2.24, 2.45) is 0 Å². The zero-order chi connectivity index (χ0) is 15.2. The summed E-state index contributed by atoms with van der Waals surface area (Å²) in [5.41, 5.74) is 2.69. The maximum absolute atomic E-state index is 4.98. The lowest BCUT2D eigenvalue weighted by atomic mass is 9.94. The minimum absolute atomic E-state index is 0.307. The Morgan fingerprint density at radius 2 is 1.96 bits per heavy atom. The van der Waals surface area contributed by atoms with Crippen LogP contribution in [0.15, 0.2) is 6.20 Å². The summed E-state index contributed by atoms with van der Waals surface area (Å²) >= 11 is 1.51. The number of hydrogen-bond donors (Lipinski definition) is 1. The van der Waals surface area contributed by atoms with E-state index in [1.54, 1.807) is 0 Å². The Labute approximate surface area is 140 Å². The number of rotatable bonds is 4. The van der Waals surface area contributed by atoms with E-state index in [9.17, 15) is 0 Å². The van der Waals surface area contributed by atoms with Gasteiger partial charge in [-0.2, -0.15) is 9.47 Å². The minimum atomic E-state index is 0.307. The van der Waals surface area contributed by atoms with Crippen LogP contribution in [0.4, 0.5) is 5.13 Å². The van der Waals surface area contributed by atoms with Gasteiger partial charge in [0, 0.05) is 23.6 Å². The molecule has 0 spiro atoms. The predicted octanol–water partition coefficient (Wildman–Crippen LogP) is 4.22. The molecular formula is C17H23N5S. The van der Waals surface area contributed by atoms with Gasteiger partial charge in [0.2, 0.25) is 5.13 Å². The number of hydrogen-bond acceptors (Lipinski definition) is 5. The second-order valence-electron chi connectivity index (χ2n) is 7.28. The first kappa shape index (κ1) is 14.0. The summed E-state index contributed by atoms with van der Waals surface area (Å²) in [4.78, 5) is 4.69. The Kier molecular flexibility index (Phi) is 3.39. The van der Waals surface area contributed by atoms with Gasteiger partial charge in [-0.25, -0.2) is 4.98 Å². The Morgan fingerprint density at radius 3 is 2.78 bits per heavy atom. The first-order valence-corrected chi connectivity index (χ1v) is 9.82. The molecule has 2 aromatic rings. The van der Waals surface area contributed by atoms with Crippen LogP contribution in [-0.2, 0) is 6.42 Å². The number of aromatic nitrogens is 4. The highest BCUT2D eigenvalue weighted by Gasteiger charge is 2.30. The molecule has 2 aromatic heterocycles. The van der Waals surface area contributed by atoms with Crippen LogP contribution >= 0.6 is 11.5 Å². The van der Waals surface area contributed by atoms with Gasteiger partial charge in [-0.15, -0.1) is 0 Å². The zero-order valence-corrected chi connectivity index (χ0v) is 14.2. The summed E-state index contributed by atoms with van der Waals surface area (Å²) in [6.45, 7) is 0. The largest absolute Gasteiger partial charge is 0.352 e. The van der Waals surface area contributed by atoms with Gasteiger partial charge < -0.3 is 5.32 Å². The number of anilines is 1. The SMILES string of the molecule is c1c2c(nn1C1CCCC1)C(Nc1nc(C3CC3)ns1)CCC2. The summed E-state index contributed by atoms with van der Waals surface area (Å²) in [5, 5.41) is 9.56. The number of nitrogens with zero attached hydrogens (tertiary/aromatic N) is 4. The first-order chi connectivity index (χ1) is 11.4. The molecule has 5 nitrogen and oxygen atoms in total. The maximum atomic E-state index is 4.98. The van der Waals surface area contributed by atoms with Gasteiger partial charge in [-0.1, -0.05) is 12.8 Å². The van der Waals surface area contributed by atoms with Crippen LogP contribution in [0.2, 0.25) is 0 Å². The standard InChI is InChI=1S/C17H23N5S/c1-2-6-13(5-1)22-10-12-4-3-7-14(15(12)20-22)18-17-19-16(21-23-17)11-8-9-11/h10-11,13-14H,1-9H2,(H,18,19,21). The molecule has 5 rings (SSSR count). The molecule has 0 aliphatic heterocycles. The number of nitrogens with one attached hydrogen (secondary N) is 1. The van der Waals surface area contributed by atoms with Crippen LogP contribution in [0, 0.1) is 0 Å². The fourth-order valence-electron chi connectivity index (χ4n) is 4.01. The minimum Gasteiger partial charge on any atom is -0.352 e. The van der Waals surface area contributed by atoms with Crippen LogP contribution in [0.3, 0.4) is 0 Å². The third-order valence-corrected chi connectivity index (χ3v) is 6.15. The quantitative estimate of drug-likeness (QED) is 0.912. The highest BCUT2D eigenvalue weighted by molar-refractivity contribution is 7.09. The second-order valence-corrected chi connectivity index (χ2v) is 8.03. The van der Waals surface area contributed by atoms with Crippen molar-refractivity contribution in [3.05, 3.63) is 23.3 Å². The summed E-state index contributed by atoms with van der Waals surface area (Å²) in [5.74, 6) is 1.68. The average Bonchev–Trinajstić information content (AvgIpc) is 2.99. The summed E-state index contributed by atoms with van der Waals surface area (Å²) in [7, 11) is 0. The van der Waals surface area contributed by atoms with Gasteiger partial charge in [0.25, 0.3) is 0 Å². The molecule has 2 saturated carbocycles. The Morgan fingerprint density at radius 1 is 1.09 bits per heavy atom. The van der Waals surface area contributed by atoms with E-state index >= 15 is 0 Å². The highest BCUT2D eigenvalue weighted by Crippen LogP contribution is 2.40. The van der Waals surface area contributed by atoms with Crippen molar-refractivity contribution in [3.63, 3.8) is 0 Å². The van der Waals surface area contributed by atoms with Gasteiger partial charge in [0.15, 0.2) is 0 Å². The molecule has 0 bridgehead atoms. The van der Waals surface area contributed by atoms with Gasteiger partial charge >= 0.3 is 0 Å². The smallest absolute Gasteiger partial charge is 0.203 e. The van der Waals surface area contributed by atoms with E-state index in [2.05, 4.69) is 25.6 Å². The number of fused-ring (bicyclic) bond motifs is 1. The molecule has 0 radical (unpaired) electrons. The van der Waals surface area contributed by atoms with Crippen molar-refractivity contribution in [1.82, 2.24) is 19.1 Å². The van der Waals surface area contributed by atoms with Gasteiger partial charge in [0.1, 0.15) is 5.82 Å². The van der Waals surface area contributed by atoms with Crippen molar-refractivity contribution in [3.8, 4) is 0 Å². The summed E-state index contributed by atoms with van der Waals surface area (Å²) < 4.78 is 6.77. The van der Waals surface area contributed by atoms with Gasteiger partial charge in [0.05, 0.1) is 17.8 Å². The lowest BCUT2D eigenvalue weighted by Crippen LogP contribution is -2.17. The fraction of sp³-hybridized carbons (Fsp3) is 0.706. The van der Waals surface area contributed by atoms with Crippen molar-refractivity contribution in [2.75, 3.05) is 5.32 Å². The highest BCUT2D eigenvalue weighted by atomic mass is 32.1. The van der Waals surface area contributed by atoms with Gasteiger partial charge in [-0.3, -0.25) is 4.68 Å². The summed E-state index contributed by atoms with van der Waals surface area (Å²) in [6.07, 6.45) is 13.7. The fourth-order valence-corrected chi connectivity index (χ4v) is 4.71. The van der Waals surface area contributed by atoms with Crippen molar-refractivity contribution in [2.45, 2.75) is 75.8 Å². The molecule has 0 saturated heterocycles. The Balaban J connectivity index is 1.37. The van der Waals surface area contributed by atoms with Crippen LogP contribution < -0.4 is 5.32 Å². The van der Waals surface area contributed by atoms with Crippen molar-refractivity contribution < 1.29 is 0 Å². The van der Waals surface area contributed by atoms with Crippen LogP contribution in [0.5, 0.6) is 0 Å². The lowest BCUT2D eigenvalue weighted by molar-refractivity contribution is 0.459. The topological polar surface area (TPSA) is 55.6 Å². The van der Waals surface area contributed by atoms with E-state index in [-0.39, 0.29) is 0 Å². The molecule has 2 fully saturated rings. The molecule has 6 heteroatoms. The molecule has 2 heterocycles. The van der Waals surface area contributed by atoms with E-state index in [1.807, 2.05) is 0 Å². The maximum Gasteiger partial charge on any atom is 0.203 e. The molecule has 23 heavy (non-hydrogen) atoms. The molecular weight excluding hydrogens is 306 g/mol. The molecule has 3 aliphatic carbocycles. The molecule has 1 N–H and O–H groups in total. The van der Waals surface area contributed by atoms with Gasteiger partial charge in [-0.05, 0) is 50.5 Å². The molecule has 0 amide bonds. The third-order valence-electron chi connectivity index (χ3n) is 5.49. The predicted molar refractivity (Wildman–Crippen MR) is 90.9 cm³/mol. The monoisotopic (exact) mass is 329 g/mol.